The van der Waals surface area contributed by atoms with Crippen molar-refractivity contribution in [2.45, 2.75) is 6.92 Å². The van der Waals surface area contributed by atoms with Gasteiger partial charge in [0.2, 0.25) is 5.88 Å². The fourth-order valence-corrected chi connectivity index (χ4v) is 1.42. The summed E-state index contributed by atoms with van der Waals surface area (Å²) >= 11 is 0. The number of hydrogen-bond donors (Lipinski definition) is 1. The number of ether oxygens (including phenoxy) is 2. The van der Waals surface area contributed by atoms with E-state index in [-0.39, 0.29) is 11.6 Å². The minimum Gasteiger partial charge on any atom is -0.490 e. The number of rotatable bonds is 5. The zero-order valence-corrected chi connectivity index (χ0v) is 10.2. The molecule has 0 saturated carbocycles. The van der Waals surface area contributed by atoms with Gasteiger partial charge in [-0.25, -0.2) is 9.78 Å². The summed E-state index contributed by atoms with van der Waals surface area (Å²) in [5.41, 5.74) is -0.175. The molecule has 98 valence electrons. The summed E-state index contributed by atoms with van der Waals surface area (Å²) in [7, 11) is 0. The molecule has 1 N–H and O–H groups in total. The number of aromatic nitrogens is 2. The highest BCUT2D eigenvalue weighted by Gasteiger charge is 2.10. The monoisotopic (exact) mass is 260 g/mol. The van der Waals surface area contributed by atoms with Crippen LogP contribution in [-0.2, 0) is 0 Å². The van der Waals surface area contributed by atoms with Crippen LogP contribution >= 0.6 is 0 Å². The Bertz CT molecular complexity index is 586. The maximum atomic E-state index is 10.8. The van der Waals surface area contributed by atoms with Crippen LogP contribution in [0.2, 0.25) is 0 Å². The maximum absolute atomic E-state index is 10.8. The molecule has 6 heteroatoms. The summed E-state index contributed by atoms with van der Waals surface area (Å²) in [5, 5.41) is 8.83. The third-order valence-corrected chi connectivity index (χ3v) is 2.20. The van der Waals surface area contributed by atoms with Crippen LogP contribution in [0, 0.1) is 0 Å². The minimum absolute atomic E-state index is 0.104. The molecular formula is C13H12N2O4. The molecule has 0 saturated heterocycles. The zero-order valence-electron chi connectivity index (χ0n) is 10.2. The third-order valence-electron chi connectivity index (χ3n) is 2.20. The van der Waals surface area contributed by atoms with Crippen molar-refractivity contribution < 1.29 is 19.4 Å². The summed E-state index contributed by atoms with van der Waals surface area (Å²) in [6, 6.07) is 7.07. The minimum atomic E-state index is -1.16. The number of benzene rings is 1. The fourth-order valence-electron chi connectivity index (χ4n) is 1.42. The molecule has 19 heavy (non-hydrogen) atoms. The van der Waals surface area contributed by atoms with Gasteiger partial charge in [0.25, 0.3) is 0 Å². The Morgan fingerprint density at radius 1 is 1.26 bits per heavy atom. The van der Waals surface area contributed by atoms with Gasteiger partial charge in [0, 0.05) is 0 Å². The molecule has 0 unspecified atom stereocenters. The van der Waals surface area contributed by atoms with E-state index >= 15 is 0 Å². The molecule has 0 spiro atoms. The number of nitrogens with zero attached hydrogens (tertiary/aromatic N) is 2. The van der Waals surface area contributed by atoms with E-state index in [2.05, 4.69) is 9.97 Å². The highest BCUT2D eigenvalue weighted by molar-refractivity contribution is 5.84. The van der Waals surface area contributed by atoms with Gasteiger partial charge in [-0.15, -0.1) is 0 Å². The number of hydrogen-bond acceptors (Lipinski definition) is 5. The van der Waals surface area contributed by atoms with Crippen molar-refractivity contribution in [3.8, 4) is 17.4 Å². The van der Waals surface area contributed by atoms with E-state index in [1.165, 1.54) is 6.20 Å². The number of aromatic carboxylic acids is 1. The molecule has 6 nitrogen and oxygen atoms in total. The second-order valence-corrected chi connectivity index (χ2v) is 3.53. The highest BCUT2D eigenvalue weighted by atomic mass is 16.5. The van der Waals surface area contributed by atoms with E-state index in [4.69, 9.17) is 14.6 Å². The first-order chi connectivity index (χ1) is 9.20. The number of para-hydroxylation sites is 2. The SMILES string of the molecule is CCOc1ccccc1Oc1cncc(C(=O)O)n1. The molecule has 2 rings (SSSR count). The Labute approximate surface area is 109 Å². The maximum Gasteiger partial charge on any atom is 0.356 e. The van der Waals surface area contributed by atoms with E-state index < -0.39 is 5.97 Å². The first kappa shape index (κ1) is 12.8. The Kier molecular flexibility index (Phi) is 3.92. The second-order valence-electron chi connectivity index (χ2n) is 3.53. The fraction of sp³-hybridized carbons (Fsp3) is 0.154. The highest BCUT2D eigenvalue weighted by Crippen LogP contribution is 2.30. The van der Waals surface area contributed by atoms with Crippen LogP contribution in [0.25, 0.3) is 0 Å². The first-order valence-corrected chi connectivity index (χ1v) is 5.65. The van der Waals surface area contributed by atoms with Gasteiger partial charge < -0.3 is 14.6 Å². The largest absolute Gasteiger partial charge is 0.490 e. The van der Waals surface area contributed by atoms with Crippen molar-refractivity contribution in [3.63, 3.8) is 0 Å². The lowest BCUT2D eigenvalue weighted by atomic mass is 10.3. The quantitative estimate of drug-likeness (QED) is 0.888. The van der Waals surface area contributed by atoms with Crippen molar-refractivity contribution in [2.75, 3.05) is 6.61 Å². The van der Waals surface area contributed by atoms with Crippen molar-refractivity contribution in [2.24, 2.45) is 0 Å². The predicted molar refractivity (Wildman–Crippen MR) is 66.7 cm³/mol. The van der Waals surface area contributed by atoms with Gasteiger partial charge in [-0.1, -0.05) is 12.1 Å². The Balaban J connectivity index is 2.26. The molecular weight excluding hydrogens is 248 g/mol. The lowest BCUT2D eigenvalue weighted by molar-refractivity contribution is 0.0689. The van der Waals surface area contributed by atoms with Gasteiger partial charge in [-0.3, -0.25) is 4.98 Å². The van der Waals surface area contributed by atoms with Crippen molar-refractivity contribution >= 4 is 5.97 Å². The van der Waals surface area contributed by atoms with Crippen LogP contribution in [0.5, 0.6) is 17.4 Å². The summed E-state index contributed by atoms with van der Waals surface area (Å²) in [5.74, 6) is -0.0307. The van der Waals surface area contributed by atoms with Crippen molar-refractivity contribution in [3.05, 3.63) is 42.4 Å². The van der Waals surface area contributed by atoms with Gasteiger partial charge in [-0.2, -0.15) is 0 Å². The molecule has 1 aromatic heterocycles. The molecule has 0 atom stereocenters. The van der Waals surface area contributed by atoms with Crippen LogP contribution in [0.1, 0.15) is 17.4 Å². The van der Waals surface area contributed by atoms with Crippen molar-refractivity contribution in [1.82, 2.24) is 9.97 Å². The third kappa shape index (κ3) is 3.19. The van der Waals surface area contributed by atoms with Gasteiger partial charge in [0.05, 0.1) is 19.0 Å². The summed E-state index contributed by atoms with van der Waals surface area (Å²) in [4.78, 5) is 18.4. The normalized spacial score (nSPS) is 9.95. The number of carbonyl (C=O) groups is 1. The molecule has 0 aliphatic carbocycles. The lowest BCUT2D eigenvalue weighted by Crippen LogP contribution is -2.02. The molecule has 0 radical (unpaired) electrons. The number of carboxylic acids is 1. The van der Waals surface area contributed by atoms with Crippen LogP contribution in [0.4, 0.5) is 0 Å². The Hall–Kier alpha value is -2.63. The second kappa shape index (κ2) is 5.81. The van der Waals surface area contributed by atoms with Gasteiger partial charge in [0.15, 0.2) is 17.2 Å². The molecule has 1 heterocycles. The standard InChI is InChI=1S/C13H12N2O4/c1-2-18-10-5-3-4-6-11(10)19-12-8-14-7-9(15-12)13(16)17/h3-8H,2H2,1H3,(H,16,17). The van der Waals surface area contributed by atoms with Gasteiger partial charge in [0.1, 0.15) is 0 Å². The molecule has 2 aromatic rings. The average Bonchev–Trinajstić information content (AvgIpc) is 2.41. The van der Waals surface area contributed by atoms with E-state index in [1.807, 2.05) is 13.0 Å². The average molecular weight is 260 g/mol. The summed E-state index contributed by atoms with van der Waals surface area (Å²) in [6.45, 7) is 2.36. The predicted octanol–water partition coefficient (Wildman–Crippen LogP) is 2.37. The van der Waals surface area contributed by atoms with Crippen LogP contribution in [0.15, 0.2) is 36.7 Å². The van der Waals surface area contributed by atoms with E-state index in [0.717, 1.165) is 6.20 Å². The molecule has 1 aromatic carbocycles. The Morgan fingerprint density at radius 2 is 2.00 bits per heavy atom. The molecule has 0 bridgehead atoms. The van der Waals surface area contributed by atoms with Crippen molar-refractivity contribution in [1.29, 1.82) is 0 Å². The summed E-state index contributed by atoms with van der Waals surface area (Å²) < 4.78 is 10.9. The Morgan fingerprint density at radius 3 is 2.68 bits per heavy atom. The molecule has 0 aliphatic heterocycles. The van der Waals surface area contributed by atoms with E-state index in [9.17, 15) is 4.79 Å². The molecule has 0 fully saturated rings. The first-order valence-electron chi connectivity index (χ1n) is 5.65. The topological polar surface area (TPSA) is 81.5 Å². The lowest BCUT2D eigenvalue weighted by Gasteiger charge is -2.10. The summed E-state index contributed by atoms with van der Waals surface area (Å²) in [6.07, 6.45) is 2.50. The number of carboxylic acid groups (broad SMARTS) is 1. The smallest absolute Gasteiger partial charge is 0.356 e. The van der Waals surface area contributed by atoms with Crippen LogP contribution in [0.3, 0.4) is 0 Å². The van der Waals surface area contributed by atoms with E-state index in [0.29, 0.717) is 18.1 Å². The van der Waals surface area contributed by atoms with Crippen LogP contribution in [-0.4, -0.2) is 27.7 Å². The van der Waals surface area contributed by atoms with Gasteiger partial charge >= 0.3 is 5.97 Å². The van der Waals surface area contributed by atoms with Crippen LogP contribution < -0.4 is 9.47 Å². The molecule has 0 aliphatic rings. The zero-order chi connectivity index (χ0) is 13.7. The van der Waals surface area contributed by atoms with E-state index in [1.54, 1.807) is 18.2 Å². The molecule has 0 amide bonds. The van der Waals surface area contributed by atoms with Gasteiger partial charge in [-0.05, 0) is 19.1 Å².